The van der Waals surface area contributed by atoms with Gasteiger partial charge in [-0.05, 0) is 45.9 Å². The number of ketones is 1. The molecule has 0 unspecified atom stereocenters. The van der Waals surface area contributed by atoms with Crippen molar-refractivity contribution in [1.29, 1.82) is 0 Å². The Balaban J connectivity index is 2.87. The van der Waals surface area contributed by atoms with Crippen LogP contribution in [-0.2, 0) is 4.74 Å². The van der Waals surface area contributed by atoms with Crippen molar-refractivity contribution in [3.63, 3.8) is 0 Å². The Kier molecular flexibility index (Phi) is 5.27. The van der Waals surface area contributed by atoms with Crippen LogP contribution in [0.2, 0.25) is 0 Å². The van der Waals surface area contributed by atoms with Gasteiger partial charge in [-0.15, -0.1) is 0 Å². The summed E-state index contributed by atoms with van der Waals surface area (Å²) in [5.74, 6) is -0.0419. The fourth-order valence-corrected chi connectivity index (χ4v) is 1.62. The number of rotatable bonds is 4. The second kappa shape index (κ2) is 6.52. The molecule has 0 bridgehead atoms. The Hall–Kier alpha value is -1.88. The molecule has 5 nitrogen and oxygen atoms in total. The highest BCUT2D eigenvalue weighted by molar-refractivity contribution is 5.98. The van der Waals surface area contributed by atoms with Crippen molar-refractivity contribution in [1.82, 2.24) is 0 Å². The van der Waals surface area contributed by atoms with Crippen molar-refractivity contribution in [3.8, 4) is 0 Å². The molecule has 0 aliphatic heterocycles. The summed E-state index contributed by atoms with van der Waals surface area (Å²) in [6.45, 7) is 7.54. The number of nitrogens with one attached hydrogen (secondary N) is 1. The molecule has 0 aliphatic carbocycles. The molecule has 1 aromatic carbocycles. The molecule has 0 heterocycles. The summed E-state index contributed by atoms with van der Waals surface area (Å²) in [7, 11) is 0. The fourth-order valence-electron chi connectivity index (χ4n) is 1.62. The Bertz CT molecular complexity index is 504. The van der Waals surface area contributed by atoms with E-state index in [1.165, 1.54) is 0 Å². The highest BCUT2D eigenvalue weighted by Gasteiger charge is 2.17. The number of carbonyl (C=O) groups excluding carboxylic acids is 2. The maximum atomic E-state index is 11.8. The van der Waals surface area contributed by atoms with Crippen molar-refractivity contribution in [2.75, 3.05) is 11.9 Å². The second-order valence-corrected chi connectivity index (χ2v) is 5.62. The van der Waals surface area contributed by atoms with Gasteiger partial charge in [0.2, 0.25) is 0 Å². The van der Waals surface area contributed by atoms with E-state index >= 15 is 0 Å². The number of anilines is 1. The number of carbonyl (C=O) groups is 2. The third-order valence-corrected chi connectivity index (χ3v) is 2.57. The number of aryl methyl sites for hydroxylation is 1. The topological polar surface area (TPSA) is 81.4 Å². The van der Waals surface area contributed by atoms with Crippen LogP contribution in [-0.4, -0.2) is 24.0 Å². The summed E-state index contributed by atoms with van der Waals surface area (Å²) in [6.07, 6.45) is -0.251. The van der Waals surface area contributed by atoms with Crippen molar-refractivity contribution in [2.24, 2.45) is 5.73 Å². The highest BCUT2D eigenvalue weighted by Crippen LogP contribution is 2.19. The molecule has 0 saturated carbocycles. The molecular weight excluding hydrogens is 256 g/mol. The van der Waals surface area contributed by atoms with Crippen LogP contribution in [0, 0.1) is 6.92 Å². The second-order valence-electron chi connectivity index (χ2n) is 5.62. The lowest BCUT2D eigenvalue weighted by Crippen LogP contribution is -2.27. The number of hydrogen-bond donors (Lipinski definition) is 2. The molecule has 0 aliphatic rings. The van der Waals surface area contributed by atoms with Gasteiger partial charge in [-0.3, -0.25) is 10.1 Å². The molecule has 5 heteroatoms. The maximum Gasteiger partial charge on any atom is 0.412 e. The van der Waals surface area contributed by atoms with E-state index in [-0.39, 0.29) is 12.2 Å². The molecule has 1 amide bonds. The summed E-state index contributed by atoms with van der Waals surface area (Å²) in [4.78, 5) is 23.5. The van der Waals surface area contributed by atoms with Crippen molar-refractivity contribution in [3.05, 3.63) is 29.3 Å². The number of hydrogen-bond acceptors (Lipinski definition) is 4. The van der Waals surface area contributed by atoms with Crippen LogP contribution in [0.25, 0.3) is 0 Å². The molecular formula is C15H22N2O3. The van der Waals surface area contributed by atoms with Gasteiger partial charge >= 0.3 is 6.09 Å². The average Bonchev–Trinajstić information content (AvgIpc) is 2.29. The molecule has 1 aromatic rings. The SMILES string of the molecule is Cc1ccc(C(=O)CCN)cc1NC(=O)OC(C)(C)C. The number of benzene rings is 1. The lowest BCUT2D eigenvalue weighted by molar-refractivity contribution is 0.0635. The molecule has 110 valence electrons. The van der Waals surface area contributed by atoms with Gasteiger partial charge in [0.25, 0.3) is 0 Å². The van der Waals surface area contributed by atoms with Crippen LogP contribution in [0.15, 0.2) is 18.2 Å². The van der Waals surface area contributed by atoms with Crippen LogP contribution >= 0.6 is 0 Å². The molecule has 3 N–H and O–H groups in total. The van der Waals surface area contributed by atoms with Gasteiger partial charge in [0.15, 0.2) is 5.78 Å². The van der Waals surface area contributed by atoms with Crippen LogP contribution in [0.3, 0.4) is 0 Å². The first-order chi connectivity index (χ1) is 9.23. The third-order valence-electron chi connectivity index (χ3n) is 2.57. The van der Waals surface area contributed by atoms with Gasteiger partial charge in [-0.25, -0.2) is 4.79 Å². The van der Waals surface area contributed by atoms with E-state index in [2.05, 4.69) is 5.32 Å². The smallest absolute Gasteiger partial charge is 0.412 e. The summed E-state index contributed by atoms with van der Waals surface area (Å²) in [5, 5.41) is 2.66. The minimum absolute atomic E-state index is 0.0419. The van der Waals surface area contributed by atoms with E-state index in [4.69, 9.17) is 10.5 Å². The van der Waals surface area contributed by atoms with Gasteiger partial charge in [0.05, 0.1) is 0 Å². The molecule has 0 saturated heterocycles. The zero-order chi connectivity index (χ0) is 15.3. The largest absolute Gasteiger partial charge is 0.444 e. The number of Topliss-reactive ketones (excluding diaryl/α,β-unsaturated/α-hetero) is 1. The first-order valence-corrected chi connectivity index (χ1v) is 6.57. The lowest BCUT2D eigenvalue weighted by atomic mass is 10.0. The van der Waals surface area contributed by atoms with Crippen LogP contribution < -0.4 is 11.1 Å². The Morgan fingerprint density at radius 3 is 2.50 bits per heavy atom. The molecule has 0 spiro atoms. The minimum atomic E-state index is -0.565. The third kappa shape index (κ3) is 5.01. The first-order valence-electron chi connectivity index (χ1n) is 6.57. The van der Waals surface area contributed by atoms with Crippen LogP contribution in [0.1, 0.15) is 43.1 Å². The molecule has 20 heavy (non-hydrogen) atoms. The number of amides is 1. The summed E-state index contributed by atoms with van der Waals surface area (Å²) >= 11 is 0. The Morgan fingerprint density at radius 2 is 1.95 bits per heavy atom. The van der Waals surface area contributed by atoms with Gasteiger partial charge in [-0.1, -0.05) is 12.1 Å². The Labute approximate surface area is 119 Å². The quantitative estimate of drug-likeness (QED) is 0.830. The predicted octanol–water partition coefficient (Wildman–Crippen LogP) is 2.87. The highest BCUT2D eigenvalue weighted by atomic mass is 16.6. The van der Waals surface area contributed by atoms with E-state index in [1.807, 2.05) is 6.92 Å². The van der Waals surface area contributed by atoms with E-state index < -0.39 is 11.7 Å². The normalized spacial score (nSPS) is 11.1. The summed E-state index contributed by atoms with van der Waals surface area (Å²) in [5.41, 5.74) is 6.78. The van der Waals surface area contributed by atoms with Gasteiger partial charge in [-0.2, -0.15) is 0 Å². The zero-order valence-electron chi connectivity index (χ0n) is 12.4. The monoisotopic (exact) mass is 278 g/mol. The zero-order valence-corrected chi connectivity index (χ0v) is 12.4. The first kappa shape index (κ1) is 16.2. The van der Waals surface area contributed by atoms with Crippen LogP contribution in [0.5, 0.6) is 0 Å². The number of nitrogens with two attached hydrogens (primary N) is 1. The van der Waals surface area contributed by atoms with Crippen molar-refractivity contribution in [2.45, 2.75) is 39.7 Å². The molecule has 0 atom stereocenters. The van der Waals surface area contributed by atoms with Gasteiger partial charge in [0.1, 0.15) is 5.60 Å². The molecule has 0 aromatic heterocycles. The van der Waals surface area contributed by atoms with E-state index in [0.29, 0.717) is 17.8 Å². The predicted molar refractivity (Wildman–Crippen MR) is 79.0 cm³/mol. The molecule has 1 rings (SSSR count). The van der Waals surface area contributed by atoms with E-state index in [9.17, 15) is 9.59 Å². The van der Waals surface area contributed by atoms with Crippen molar-refractivity contribution >= 4 is 17.6 Å². The summed E-state index contributed by atoms with van der Waals surface area (Å²) < 4.78 is 5.19. The van der Waals surface area contributed by atoms with Crippen molar-refractivity contribution < 1.29 is 14.3 Å². The maximum absolute atomic E-state index is 11.8. The van der Waals surface area contributed by atoms with E-state index in [0.717, 1.165) is 5.56 Å². The van der Waals surface area contributed by atoms with Crippen LogP contribution in [0.4, 0.5) is 10.5 Å². The van der Waals surface area contributed by atoms with E-state index in [1.54, 1.807) is 39.0 Å². The lowest BCUT2D eigenvalue weighted by Gasteiger charge is -2.20. The van der Waals surface area contributed by atoms with Gasteiger partial charge < -0.3 is 10.5 Å². The standard InChI is InChI=1S/C15H22N2O3/c1-10-5-6-11(13(18)7-8-16)9-12(10)17-14(19)20-15(2,3)4/h5-6,9H,7-8,16H2,1-4H3,(H,17,19). The molecule has 0 fully saturated rings. The number of ether oxygens (including phenoxy) is 1. The molecule has 0 radical (unpaired) electrons. The fraction of sp³-hybridized carbons (Fsp3) is 0.467. The van der Waals surface area contributed by atoms with Gasteiger partial charge in [0, 0.05) is 17.7 Å². The average molecular weight is 278 g/mol. The minimum Gasteiger partial charge on any atom is -0.444 e. The Morgan fingerprint density at radius 1 is 1.30 bits per heavy atom. The summed E-state index contributed by atoms with van der Waals surface area (Å²) in [6, 6.07) is 5.17.